The Morgan fingerprint density at radius 3 is 2.68 bits per heavy atom. The van der Waals surface area contributed by atoms with E-state index in [0.717, 1.165) is 48.6 Å². The Morgan fingerprint density at radius 2 is 2.04 bits per heavy atom. The van der Waals surface area contributed by atoms with Crippen molar-refractivity contribution in [1.82, 2.24) is 15.5 Å². The van der Waals surface area contributed by atoms with Crippen molar-refractivity contribution in [3.63, 3.8) is 0 Å². The number of benzene rings is 1. The number of nitrogens with zero attached hydrogens (tertiary/aromatic N) is 2. The predicted octanol–water partition coefficient (Wildman–Crippen LogP) is 4.28. The van der Waals surface area contributed by atoms with Gasteiger partial charge in [0.1, 0.15) is 17.2 Å². The van der Waals surface area contributed by atoms with Gasteiger partial charge < -0.3 is 20.0 Å². The van der Waals surface area contributed by atoms with Crippen molar-refractivity contribution in [3.8, 4) is 0 Å². The van der Waals surface area contributed by atoms with Crippen LogP contribution in [0.4, 0.5) is 4.39 Å². The highest BCUT2D eigenvalue weighted by molar-refractivity contribution is 14.0. The molecule has 1 aromatic heterocycles. The fourth-order valence-electron chi connectivity index (χ4n) is 3.74. The van der Waals surface area contributed by atoms with Gasteiger partial charge in [-0.05, 0) is 43.9 Å². The second-order valence-corrected chi connectivity index (χ2v) is 7.83. The SMILES string of the molecule is CN=C(NCc1oc2ccc(F)cc2c1C)NC1CCN(CC(C)C)CC1.I. The molecule has 0 spiro atoms. The number of halogens is 2. The summed E-state index contributed by atoms with van der Waals surface area (Å²) in [6.45, 7) is 10.4. The molecule has 156 valence electrons. The number of furan rings is 1. The van der Waals surface area contributed by atoms with Crippen molar-refractivity contribution < 1.29 is 8.81 Å². The molecule has 2 aromatic rings. The van der Waals surface area contributed by atoms with Crippen LogP contribution in [0.5, 0.6) is 0 Å². The topological polar surface area (TPSA) is 52.8 Å². The fraction of sp³-hybridized carbons (Fsp3) is 0.571. The van der Waals surface area contributed by atoms with Crippen molar-refractivity contribution >= 4 is 40.9 Å². The van der Waals surface area contributed by atoms with E-state index < -0.39 is 0 Å². The van der Waals surface area contributed by atoms with E-state index >= 15 is 0 Å². The lowest BCUT2D eigenvalue weighted by Crippen LogP contribution is -2.49. The number of hydrogen-bond acceptors (Lipinski definition) is 3. The van der Waals surface area contributed by atoms with Crippen LogP contribution in [0.2, 0.25) is 0 Å². The molecular formula is C21H32FIN4O. The molecule has 3 rings (SSSR count). The Morgan fingerprint density at radius 1 is 1.32 bits per heavy atom. The van der Waals surface area contributed by atoms with Crippen LogP contribution >= 0.6 is 24.0 Å². The van der Waals surface area contributed by atoms with Crippen molar-refractivity contribution in [2.24, 2.45) is 10.9 Å². The van der Waals surface area contributed by atoms with Gasteiger partial charge in [-0.25, -0.2) is 4.39 Å². The lowest BCUT2D eigenvalue weighted by atomic mass is 10.0. The summed E-state index contributed by atoms with van der Waals surface area (Å²) < 4.78 is 19.3. The monoisotopic (exact) mass is 502 g/mol. The minimum absolute atomic E-state index is 0. The van der Waals surface area contributed by atoms with E-state index in [1.807, 2.05) is 6.92 Å². The molecule has 2 heterocycles. The molecule has 0 bridgehead atoms. The smallest absolute Gasteiger partial charge is 0.191 e. The van der Waals surface area contributed by atoms with Crippen LogP contribution in [0.1, 0.15) is 38.0 Å². The summed E-state index contributed by atoms with van der Waals surface area (Å²) in [5.74, 6) is 2.06. The largest absolute Gasteiger partial charge is 0.459 e. The molecule has 0 saturated carbocycles. The number of likely N-dealkylation sites (tertiary alicyclic amines) is 1. The van der Waals surface area contributed by atoms with Gasteiger partial charge in [0.15, 0.2) is 5.96 Å². The van der Waals surface area contributed by atoms with E-state index in [1.54, 1.807) is 13.1 Å². The van der Waals surface area contributed by atoms with E-state index in [0.29, 0.717) is 24.1 Å². The van der Waals surface area contributed by atoms with Crippen LogP contribution in [-0.4, -0.2) is 43.6 Å². The molecule has 2 N–H and O–H groups in total. The van der Waals surface area contributed by atoms with Gasteiger partial charge in [0.25, 0.3) is 0 Å². The first-order valence-corrected chi connectivity index (χ1v) is 9.83. The summed E-state index contributed by atoms with van der Waals surface area (Å²) >= 11 is 0. The maximum Gasteiger partial charge on any atom is 0.191 e. The first-order valence-electron chi connectivity index (χ1n) is 9.83. The molecule has 1 fully saturated rings. The Hall–Kier alpha value is -1.35. The maximum atomic E-state index is 13.5. The first kappa shape index (κ1) is 22.9. The third kappa shape index (κ3) is 5.83. The minimum atomic E-state index is -0.243. The summed E-state index contributed by atoms with van der Waals surface area (Å²) in [4.78, 5) is 6.88. The zero-order valence-electron chi connectivity index (χ0n) is 17.2. The van der Waals surface area contributed by atoms with Crippen molar-refractivity contribution in [2.75, 3.05) is 26.7 Å². The molecule has 0 atom stereocenters. The zero-order chi connectivity index (χ0) is 19.4. The van der Waals surface area contributed by atoms with Crippen LogP contribution in [0.25, 0.3) is 11.0 Å². The second-order valence-electron chi connectivity index (χ2n) is 7.83. The quantitative estimate of drug-likeness (QED) is 0.364. The zero-order valence-corrected chi connectivity index (χ0v) is 19.5. The van der Waals surface area contributed by atoms with Gasteiger partial charge in [-0.1, -0.05) is 13.8 Å². The third-order valence-electron chi connectivity index (χ3n) is 5.19. The summed E-state index contributed by atoms with van der Waals surface area (Å²) in [5, 5.41) is 7.68. The Labute approximate surface area is 184 Å². The molecular weight excluding hydrogens is 470 g/mol. The van der Waals surface area contributed by atoms with Crippen LogP contribution in [0, 0.1) is 18.7 Å². The molecule has 0 amide bonds. The van der Waals surface area contributed by atoms with E-state index in [4.69, 9.17) is 4.42 Å². The lowest BCUT2D eigenvalue weighted by molar-refractivity contribution is 0.187. The maximum absolute atomic E-state index is 13.5. The highest BCUT2D eigenvalue weighted by atomic mass is 127. The number of aryl methyl sites for hydroxylation is 1. The summed E-state index contributed by atoms with van der Waals surface area (Å²) in [7, 11) is 1.78. The number of nitrogens with one attached hydrogen (secondary N) is 2. The Kier molecular flexibility index (Phi) is 8.55. The molecule has 1 aromatic carbocycles. The summed E-state index contributed by atoms with van der Waals surface area (Å²) in [5.41, 5.74) is 1.68. The minimum Gasteiger partial charge on any atom is -0.459 e. The van der Waals surface area contributed by atoms with E-state index in [-0.39, 0.29) is 29.8 Å². The van der Waals surface area contributed by atoms with Gasteiger partial charge in [-0.15, -0.1) is 24.0 Å². The molecule has 1 aliphatic rings. The number of rotatable bonds is 5. The Balaban J connectivity index is 0.00000280. The van der Waals surface area contributed by atoms with Gasteiger partial charge in [0, 0.05) is 43.7 Å². The van der Waals surface area contributed by atoms with Gasteiger partial charge in [0.2, 0.25) is 0 Å². The molecule has 1 saturated heterocycles. The fourth-order valence-corrected chi connectivity index (χ4v) is 3.74. The third-order valence-corrected chi connectivity index (χ3v) is 5.19. The number of aliphatic imine (C=N–C) groups is 1. The standard InChI is InChI=1S/C21H31FN4O.HI/c1-14(2)13-26-9-7-17(8-10-26)25-21(23-4)24-12-20-15(3)18-11-16(22)5-6-19(18)27-20;/h5-6,11,14,17H,7-10,12-13H2,1-4H3,(H2,23,24,25);1H. The second kappa shape index (κ2) is 10.4. The Bertz CT molecular complexity index is 797. The number of hydrogen-bond donors (Lipinski definition) is 2. The van der Waals surface area contributed by atoms with Crippen LogP contribution in [0.15, 0.2) is 27.6 Å². The highest BCUT2D eigenvalue weighted by Gasteiger charge is 2.20. The first-order chi connectivity index (χ1) is 13.0. The van der Waals surface area contributed by atoms with Gasteiger partial charge in [0.05, 0.1) is 6.54 Å². The van der Waals surface area contributed by atoms with E-state index in [9.17, 15) is 4.39 Å². The highest BCUT2D eigenvalue weighted by Crippen LogP contribution is 2.25. The van der Waals surface area contributed by atoms with Crippen LogP contribution in [-0.2, 0) is 6.54 Å². The molecule has 7 heteroatoms. The average molecular weight is 502 g/mol. The van der Waals surface area contributed by atoms with Crippen molar-refractivity contribution in [2.45, 2.75) is 46.2 Å². The van der Waals surface area contributed by atoms with Crippen LogP contribution < -0.4 is 10.6 Å². The molecule has 0 radical (unpaired) electrons. The molecule has 0 unspecified atom stereocenters. The van der Waals surface area contributed by atoms with Crippen molar-refractivity contribution in [1.29, 1.82) is 0 Å². The molecule has 1 aliphatic heterocycles. The van der Waals surface area contributed by atoms with Crippen LogP contribution in [0.3, 0.4) is 0 Å². The molecule has 28 heavy (non-hydrogen) atoms. The number of guanidine groups is 1. The van der Waals surface area contributed by atoms with Crippen molar-refractivity contribution in [3.05, 3.63) is 35.3 Å². The molecule has 0 aliphatic carbocycles. The predicted molar refractivity (Wildman–Crippen MR) is 124 cm³/mol. The summed E-state index contributed by atoms with van der Waals surface area (Å²) in [6.07, 6.45) is 2.24. The lowest BCUT2D eigenvalue weighted by Gasteiger charge is -2.33. The normalized spacial score (nSPS) is 16.4. The van der Waals surface area contributed by atoms with Gasteiger partial charge in [-0.2, -0.15) is 0 Å². The summed E-state index contributed by atoms with van der Waals surface area (Å²) in [6, 6.07) is 5.06. The van der Waals surface area contributed by atoms with Gasteiger partial charge in [-0.3, -0.25) is 4.99 Å². The average Bonchev–Trinajstić information content (AvgIpc) is 2.95. The molecule has 5 nitrogen and oxygen atoms in total. The van der Waals surface area contributed by atoms with E-state index in [1.165, 1.54) is 18.7 Å². The number of piperidine rings is 1. The van der Waals surface area contributed by atoms with E-state index in [2.05, 4.69) is 34.4 Å². The number of fused-ring (bicyclic) bond motifs is 1. The van der Waals surface area contributed by atoms with Gasteiger partial charge >= 0.3 is 0 Å².